The molecule has 0 aromatic rings. The van der Waals surface area contributed by atoms with E-state index in [-0.39, 0.29) is 6.04 Å². The summed E-state index contributed by atoms with van der Waals surface area (Å²) in [6.07, 6.45) is -0.741. The Morgan fingerprint density at radius 3 is 2.00 bits per heavy atom. The zero-order chi connectivity index (χ0) is 9.02. The summed E-state index contributed by atoms with van der Waals surface area (Å²) in [5.74, 6) is -0.520. The van der Waals surface area contributed by atoms with Crippen molar-refractivity contribution >= 4 is 5.91 Å². The van der Waals surface area contributed by atoms with Gasteiger partial charge in [0.15, 0.2) is 0 Å². The van der Waals surface area contributed by atoms with E-state index >= 15 is 0 Å². The minimum atomic E-state index is -0.741. The summed E-state index contributed by atoms with van der Waals surface area (Å²) in [5.41, 5.74) is 5.02. The highest BCUT2D eigenvalue weighted by atomic mass is 16.3. The number of primary amides is 1. The molecule has 0 aliphatic rings. The first kappa shape index (κ1) is 10.4. The largest absolute Gasteiger partial charge is 0.391 e. The number of rotatable bonds is 4. The zero-order valence-electron chi connectivity index (χ0n) is 7.16. The van der Waals surface area contributed by atoms with Crippen molar-refractivity contribution in [2.45, 2.75) is 39.0 Å². The molecule has 0 aromatic heterocycles. The summed E-state index contributed by atoms with van der Waals surface area (Å²) in [4.78, 5) is 10.7. The number of carbonyl (C=O) groups excluding carboxylic acids is 1. The lowest BCUT2D eigenvalue weighted by Gasteiger charge is -2.20. The van der Waals surface area contributed by atoms with Gasteiger partial charge in [0.2, 0.25) is 5.91 Å². The van der Waals surface area contributed by atoms with Gasteiger partial charge in [0.05, 0.1) is 6.10 Å². The topological polar surface area (TPSA) is 75.3 Å². The van der Waals surface area contributed by atoms with Crippen molar-refractivity contribution in [1.82, 2.24) is 5.32 Å². The average Bonchev–Trinajstić information content (AvgIpc) is 1.81. The van der Waals surface area contributed by atoms with Crippen LogP contribution in [0.5, 0.6) is 0 Å². The molecule has 0 radical (unpaired) electrons. The fourth-order valence-corrected chi connectivity index (χ4v) is 0.818. The molecule has 0 aromatic carbocycles. The van der Waals surface area contributed by atoms with E-state index in [2.05, 4.69) is 5.32 Å². The molecule has 1 amide bonds. The second kappa shape index (κ2) is 4.31. The van der Waals surface area contributed by atoms with Crippen molar-refractivity contribution in [1.29, 1.82) is 0 Å². The van der Waals surface area contributed by atoms with Gasteiger partial charge in [0.25, 0.3) is 0 Å². The predicted molar refractivity (Wildman–Crippen MR) is 42.9 cm³/mol. The standard InChI is InChI=1S/C7H16N2O2/c1-4(2)9-6(5(3)10)7(8)11/h4-6,9-10H,1-3H3,(H2,8,11). The number of carbonyl (C=O) groups is 1. The van der Waals surface area contributed by atoms with Crippen LogP contribution in [-0.2, 0) is 4.79 Å². The normalized spacial score (nSPS) is 16.5. The Bertz CT molecular complexity index is 134. The van der Waals surface area contributed by atoms with Gasteiger partial charge in [-0.15, -0.1) is 0 Å². The monoisotopic (exact) mass is 160 g/mol. The summed E-state index contributed by atoms with van der Waals surface area (Å²) in [6.45, 7) is 5.31. The molecular formula is C7H16N2O2. The van der Waals surface area contributed by atoms with Crippen LogP contribution in [0, 0.1) is 0 Å². The minimum absolute atomic E-state index is 0.141. The van der Waals surface area contributed by atoms with Crippen LogP contribution in [0.3, 0.4) is 0 Å². The maximum atomic E-state index is 10.7. The molecule has 0 bridgehead atoms. The van der Waals surface area contributed by atoms with Crippen LogP contribution < -0.4 is 11.1 Å². The lowest BCUT2D eigenvalue weighted by atomic mass is 10.1. The smallest absolute Gasteiger partial charge is 0.237 e. The van der Waals surface area contributed by atoms with Gasteiger partial charge in [0, 0.05) is 6.04 Å². The second-order valence-electron chi connectivity index (χ2n) is 2.94. The first-order valence-corrected chi connectivity index (χ1v) is 3.68. The van der Waals surface area contributed by atoms with Crippen molar-refractivity contribution in [2.24, 2.45) is 5.73 Å². The first-order chi connectivity index (χ1) is 4.95. The van der Waals surface area contributed by atoms with Gasteiger partial charge in [0.1, 0.15) is 6.04 Å². The molecule has 0 aliphatic heterocycles. The van der Waals surface area contributed by atoms with Gasteiger partial charge >= 0.3 is 0 Å². The van der Waals surface area contributed by atoms with Crippen LogP contribution >= 0.6 is 0 Å². The third-order valence-electron chi connectivity index (χ3n) is 1.30. The van der Waals surface area contributed by atoms with Crippen molar-refractivity contribution in [3.05, 3.63) is 0 Å². The molecule has 0 rings (SSSR count). The van der Waals surface area contributed by atoms with Crippen molar-refractivity contribution in [2.75, 3.05) is 0 Å². The van der Waals surface area contributed by atoms with Crippen molar-refractivity contribution < 1.29 is 9.90 Å². The van der Waals surface area contributed by atoms with Crippen LogP contribution in [0.1, 0.15) is 20.8 Å². The average molecular weight is 160 g/mol. The molecule has 4 N–H and O–H groups in total. The predicted octanol–water partition coefficient (Wildman–Crippen LogP) is -0.781. The van der Waals surface area contributed by atoms with E-state index in [0.717, 1.165) is 0 Å². The van der Waals surface area contributed by atoms with E-state index in [1.165, 1.54) is 6.92 Å². The molecule has 0 saturated carbocycles. The number of hydrogen-bond acceptors (Lipinski definition) is 3. The number of nitrogens with two attached hydrogens (primary N) is 1. The third-order valence-corrected chi connectivity index (χ3v) is 1.30. The summed E-state index contributed by atoms with van der Waals surface area (Å²) in [6, 6.07) is -0.503. The quantitative estimate of drug-likeness (QED) is 0.505. The molecule has 4 nitrogen and oxygen atoms in total. The van der Waals surface area contributed by atoms with E-state index in [9.17, 15) is 4.79 Å². The van der Waals surface area contributed by atoms with Gasteiger partial charge in [-0.1, -0.05) is 13.8 Å². The summed E-state index contributed by atoms with van der Waals surface area (Å²) in [5, 5.41) is 11.9. The number of nitrogens with one attached hydrogen (secondary N) is 1. The van der Waals surface area contributed by atoms with Crippen molar-refractivity contribution in [3.8, 4) is 0 Å². The molecule has 0 saturated heterocycles. The Morgan fingerprint density at radius 1 is 1.45 bits per heavy atom. The fourth-order valence-electron chi connectivity index (χ4n) is 0.818. The number of hydrogen-bond donors (Lipinski definition) is 3. The minimum Gasteiger partial charge on any atom is -0.391 e. The van der Waals surface area contributed by atoms with E-state index in [0.29, 0.717) is 0 Å². The van der Waals surface area contributed by atoms with Gasteiger partial charge in [-0.2, -0.15) is 0 Å². The summed E-state index contributed by atoms with van der Waals surface area (Å²) >= 11 is 0. The summed E-state index contributed by atoms with van der Waals surface area (Å²) in [7, 11) is 0. The van der Waals surface area contributed by atoms with Gasteiger partial charge in [-0.25, -0.2) is 0 Å². The number of aliphatic hydroxyl groups excluding tert-OH is 1. The van der Waals surface area contributed by atoms with Gasteiger partial charge in [-0.05, 0) is 6.92 Å². The third kappa shape index (κ3) is 3.95. The molecule has 0 spiro atoms. The lowest BCUT2D eigenvalue weighted by Crippen LogP contribution is -2.50. The molecule has 0 fully saturated rings. The molecule has 0 heterocycles. The van der Waals surface area contributed by atoms with Gasteiger partial charge in [-0.3, -0.25) is 4.79 Å². The molecule has 0 aliphatic carbocycles. The maximum Gasteiger partial charge on any atom is 0.237 e. The van der Waals surface area contributed by atoms with Crippen LogP contribution in [0.4, 0.5) is 0 Å². The van der Waals surface area contributed by atoms with E-state index in [1.807, 2.05) is 13.8 Å². The Labute approximate surface area is 66.8 Å². The highest BCUT2D eigenvalue weighted by molar-refractivity contribution is 5.80. The highest BCUT2D eigenvalue weighted by Crippen LogP contribution is 1.93. The molecule has 4 heteroatoms. The summed E-state index contributed by atoms with van der Waals surface area (Å²) < 4.78 is 0. The van der Waals surface area contributed by atoms with E-state index < -0.39 is 18.1 Å². The molecule has 66 valence electrons. The second-order valence-corrected chi connectivity index (χ2v) is 2.94. The van der Waals surface area contributed by atoms with E-state index in [4.69, 9.17) is 10.8 Å². The van der Waals surface area contributed by atoms with Crippen LogP contribution in [0.15, 0.2) is 0 Å². The Hall–Kier alpha value is -0.610. The molecule has 2 unspecified atom stereocenters. The zero-order valence-corrected chi connectivity index (χ0v) is 7.16. The SMILES string of the molecule is CC(C)NC(C(N)=O)C(C)O. The Kier molecular flexibility index (Phi) is 4.07. The Balaban J connectivity index is 4.01. The number of aliphatic hydroxyl groups is 1. The molecule has 2 atom stereocenters. The van der Waals surface area contributed by atoms with E-state index in [1.54, 1.807) is 0 Å². The van der Waals surface area contributed by atoms with Crippen LogP contribution in [0.25, 0.3) is 0 Å². The Morgan fingerprint density at radius 2 is 1.91 bits per heavy atom. The highest BCUT2D eigenvalue weighted by Gasteiger charge is 2.20. The van der Waals surface area contributed by atoms with Crippen molar-refractivity contribution in [3.63, 3.8) is 0 Å². The van der Waals surface area contributed by atoms with Crippen LogP contribution in [-0.4, -0.2) is 29.2 Å². The fraction of sp³-hybridized carbons (Fsp3) is 0.857. The first-order valence-electron chi connectivity index (χ1n) is 3.68. The van der Waals surface area contributed by atoms with Crippen LogP contribution in [0.2, 0.25) is 0 Å². The lowest BCUT2D eigenvalue weighted by molar-refractivity contribution is -0.122. The number of amides is 1. The molecule has 11 heavy (non-hydrogen) atoms. The van der Waals surface area contributed by atoms with Gasteiger partial charge < -0.3 is 16.2 Å². The molecular weight excluding hydrogens is 144 g/mol. The maximum absolute atomic E-state index is 10.7.